The lowest BCUT2D eigenvalue weighted by Gasteiger charge is -2.06. The quantitative estimate of drug-likeness (QED) is 0.752. The summed E-state index contributed by atoms with van der Waals surface area (Å²) in [5.74, 6) is -0.702. The van der Waals surface area contributed by atoms with E-state index in [0.717, 1.165) is 4.52 Å². The van der Waals surface area contributed by atoms with Crippen molar-refractivity contribution in [2.24, 2.45) is 0 Å². The topological polar surface area (TPSA) is 94.2 Å². The first-order chi connectivity index (χ1) is 10.5. The summed E-state index contributed by atoms with van der Waals surface area (Å²) in [6.45, 7) is 1.61. The number of aryl methyl sites for hydroxylation is 1. The lowest BCUT2D eigenvalue weighted by atomic mass is 10.1. The normalized spacial score (nSPS) is 10.8. The Hall–Kier alpha value is -3.14. The Kier molecular flexibility index (Phi) is 3.14. The van der Waals surface area contributed by atoms with Gasteiger partial charge in [0.2, 0.25) is 5.88 Å². The molecule has 3 rings (SSSR count). The minimum absolute atomic E-state index is 0.103. The monoisotopic (exact) mass is 298 g/mol. The predicted octanol–water partition coefficient (Wildman–Crippen LogP) is 1.64. The standard InChI is InChI=1S/C15H11FN4O2/c1-8-12(7-17)13-18-14(21)11(15(22)20(13)19-8)6-9-2-4-10(16)5-3-9/h2-5,22H,6H2,1H3,(H,18,21). The van der Waals surface area contributed by atoms with Crippen molar-refractivity contribution in [3.63, 3.8) is 0 Å². The summed E-state index contributed by atoms with van der Waals surface area (Å²) in [5.41, 5.74) is 1.04. The summed E-state index contributed by atoms with van der Waals surface area (Å²) < 4.78 is 14.0. The van der Waals surface area contributed by atoms with Gasteiger partial charge in [-0.05, 0) is 24.6 Å². The third-order valence-electron chi connectivity index (χ3n) is 3.44. The summed E-state index contributed by atoms with van der Waals surface area (Å²) in [5, 5.41) is 23.4. The van der Waals surface area contributed by atoms with E-state index in [1.54, 1.807) is 6.92 Å². The van der Waals surface area contributed by atoms with Gasteiger partial charge in [-0.2, -0.15) is 14.9 Å². The smallest absolute Gasteiger partial charge is 0.258 e. The maximum atomic E-state index is 12.9. The van der Waals surface area contributed by atoms with E-state index in [4.69, 9.17) is 5.26 Å². The molecule has 2 N–H and O–H groups in total. The first kappa shape index (κ1) is 13.8. The number of nitriles is 1. The van der Waals surface area contributed by atoms with Crippen molar-refractivity contribution >= 4 is 5.65 Å². The molecule has 7 heteroatoms. The van der Waals surface area contributed by atoms with E-state index in [0.29, 0.717) is 11.3 Å². The van der Waals surface area contributed by atoms with Gasteiger partial charge in [0.25, 0.3) is 5.56 Å². The molecule has 0 aliphatic carbocycles. The summed E-state index contributed by atoms with van der Waals surface area (Å²) in [7, 11) is 0. The van der Waals surface area contributed by atoms with Gasteiger partial charge < -0.3 is 10.1 Å². The van der Waals surface area contributed by atoms with Crippen molar-refractivity contribution in [3.05, 3.63) is 62.8 Å². The van der Waals surface area contributed by atoms with E-state index in [-0.39, 0.29) is 34.9 Å². The highest BCUT2D eigenvalue weighted by molar-refractivity contribution is 5.59. The SMILES string of the molecule is Cc1nn2c(O)c(Cc3ccc(F)cc3)c(=O)[nH]c2c1C#N. The fourth-order valence-electron chi connectivity index (χ4n) is 2.31. The van der Waals surface area contributed by atoms with Crippen LogP contribution in [0, 0.1) is 24.1 Å². The van der Waals surface area contributed by atoms with Gasteiger partial charge in [0, 0.05) is 6.42 Å². The Bertz CT molecular complexity index is 964. The zero-order valence-corrected chi connectivity index (χ0v) is 11.6. The van der Waals surface area contributed by atoms with Gasteiger partial charge >= 0.3 is 0 Å². The van der Waals surface area contributed by atoms with E-state index in [1.807, 2.05) is 6.07 Å². The number of hydrogen-bond donors (Lipinski definition) is 2. The second kappa shape index (κ2) is 5.00. The highest BCUT2D eigenvalue weighted by Crippen LogP contribution is 2.21. The van der Waals surface area contributed by atoms with Crippen molar-refractivity contribution in [2.75, 3.05) is 0 Å². The molecule has 0 fully saturated rings. The molecule has 6 nitrogen and oxygen atoms in total. The predicted molar refractivity (Wildman–Crippen MR) is 76.1 cm³/mol. The maximum absolute atomic E-state index is 12.9. The van der Waals surface area contributed by atoms with Gasteiger partial charge in [-0.3, -0.25) is 4.79 Å². The highest BCUT2D eigenvalue weighted by Gasteiger charge is 2.18. The van der Waals surface area contributed by atoms with E-state index < -0.39 is 5.56 Å². The molecule has 0 radical (unpaired) electrons. The molecule has 0 amide bonds. The second-order valence-corrected chi connectivity index (χ2v) is 4.89. The molecule has 0 aliphatic heterocycles. The Morgan fingerprint density at radius 3 is 2.73 bits per heavy atom. The van der Waals surface area contributed by atoms with Crippen LogP contribution in [0.2, 0.25) is 0 Å². The van der Waals surface area contributed by atoms with Gasteiger partial charge in [-0.15, -0.1) is 0 Å². The van der Waals surface area contributed by atoms with E-state index in [9.17, 15) is 14.3 Å². The van der Waals surface area contributed by atoms with E-state index >= 15 is 0 Å². The molecule has 1 aromatic carbocycles. The summed E-state index contributed by atoms with van der Waals surface area (Å²) >= 11 is 0. The van der Waals surface area contributed by atoms with E-state index in [1.165, 1.54) is 24.3 Å². The average Bonchev–Trinajstić information content (AvgIpc) is 2.81. The number of H-pyrrole nitrogens is 1. The first-order valence-corrected chi connectivity index (χ1v) is 6.49. The number of fused-ring (bicyclic) bond motifs is 1. The van der Waals surface area contributed by atoms with Crippen molar-refractivity contribution in [1.82, 2.24) is 14.6 Å². The Morgan fingerprint density at radius 1 is 1.41 bits per heavy atom. The number of nitrogens with zero attached hydrogens (tertiary/aromatic N) is 3. The summed E-state index contributed by atoms with van der Waals surface area (Å²) in [6, 6.07) is 7.58. The van der Waals surface area contributed by atoms with Crippen LogP contribution in [0.4, 0.5) is 4.39 Å². The number of aromatic nitrogens is 3. The van der Waals surface area contributed by atoms with E-state index in [2.05, 4.69) is 10.1 Å². The molecule has 0 unspecified atom stereocenters. The maximum Gasteiger partial charge on any atom is 0.258 e. The molecule has 2 aromatic heterocycles. The lowest BCUT2D eigenvalue weighted by Crippen LogP contribution is -2.16. The Morgan fingerprint density at radius 2 is 2.09 bits per heavy atom. The molecule has 0 aliphatic rings. The summed E-state index contributed by atoms with van der Waals surface area (Å²) in [4.78, 5) is 14.7. The fourth-order valence-corrected chi connectivity index (χ4v) is 2.31. The third-order valence-corrected chi connectivity index (χ3v) is 3.44. The highest BCUT2D eigenvalue weighted by atomic mass is 19.1. The molecular weight excluding hydrogens is 287 g/mol. The molecule has 0 saturated heterocycles. The van der Waals surface area contributed by atoms with Gasteiger partial charge in [0.1, 0.15) is 17.4 Å². The number of aromatic hydroxyl groups is 1. The minimum atomic E-state index is -0.509. The Balaban J connectivity index is 2.17. The van der Waals surface area contributed by atoms with Crippen molar-refractivity contribution in [3.8, 4) is 11.9 Å². The van der Waals surface area contributed by atoms with Crippen LogP contribution in [0.5, 0.6) is 5.88 Å². The van der Waals surface area contributed by atoms with Crippen LogP contribution in [-0.4, -0.2) is 19.7 Å². The molecule has 110 valence electrons. The average molecular weight is 298 g/mol. The van der Waals surface area contributed by atoms with Gasteiger partial charge in [-0.25, -0.2) is 4.39 Å². The fraction of sp³-hybridized carbons (Fsp3) is 0.133. The molecular formula is C15H11FN4O2. The third kappa shape index (κ3) is 2.11. The zero-order chi connectivity index (χ0) is 15.9. The number of benzene rings is 1. The first-order valence-electron chi connectivity index (χ1n) is 6.49. The van der Waals surface area contributed by atoms with Crippen molar-refractivity contribution in [2.45, 2.75) is 13.3 Å². The van der Waals surface area contributed by atoms with Crippen molar-refractivity contribution < 1.29 is 9.50 Å². The Labute approximate surface area is 124 Å². The summed E-state index contributed by atoms with van der Waals surface area (Å²) in [6.07, 6.45) is 0.123. The minimum Gasteiger partial charge on any atom is -0.493 e. The van der Waals surface area contributed by atoms with Crippen LogP contribution in [0.1, 0.15) is 22.4 Å². The molecule has 0 bridgehead atoms. The van der Waals surface area contributed by atoms with Crippen LogP contribution in [0.3, 0.4) is 0 Å². The van der Waals surface area contributed by atoms with Gasteiger partial charge in [-0.1, -0.05) is 12.1 Å². The van der Waals surface area contributed by atoms with Crippen LogP contribution >= 0.6 is 0 Å². The number of nitrogens with one attached hydrogen (secondary N) is 1. The number of aromatic amines is 1. The largest absolute Gasteiger partial charge is 0.493 e. The van der Waals surface area contributed by atoms with Crippen molar-refractivity contribution in [1.29, 1.82) is 5.26 Å². The number of rotatable bonds is 2. The van der Waals surface area contributed by atoms with Crippen LogP contribution < -0.4 is 5.56 Å². The van der Waals surface area contributed by atoms with Gasteiger partial charge in [0.15, 0.2) is 5.65 Å². The molecule has 0 spiro atoms. The second-order valence-electron chi connectivity index (χ2n) is 4.89. The molecule has 2 heterocycles. The molecule has 22 heavy (non-hydrogen) atoms. The number of halogens is 1. The van der Waals surface area contributed by atoms with Crippen LogP contribution in [-0.2, 0) is 6.42 Å². The van der Waals surface area contributed by atoms with Crippen LogP contribution in [0.25, 0.3) is 5.65 Å². The molecule has 0 saturated carbocycles. The lowest BCUT2D eigenvalue weighted by molar-refractivity contribution is 0.427. The van der Waals surface area contributed by atoms with Crippen LogP contribution in [0.15, 0.2) is 29.1 Å². The zero-order valence-electron chi connectivity index (χ0n) is 11.6. The number of hydrogen-bond acceptors (Lipinski definition) is 4. The molecule has 3 aromatic rings. The van der Waals surface area contributed by atoms with Gasteiger partial charge in [0.05, 0.1) is 11.3 Å². The molecule has 0 atom stereocenters.